The highest BCUT2D eigenvalue weighted by atomic mass is 16.2. The zero-order valence-electron chi connectivity index (χ0n) is 13.6. The van der Waals surface area contributed by atoms with Gasteiger partial charge in [-0.15, -0.1) is 0 Å². The summed E-state index contributed by atoms with van der Waals surface area (Å²) in [5.41, 5.74) is 2.60. The number of nitrogens with one attached hydrogen (secondary N) is 1. The molecular weight excluding hydrogens is 304 g/mol. The number of carbonyl (C=O) groups is 1. The molecule has 6 heteroatoms. The van der Waals surface area contributed by atoms with Gasteiger partial charge in [-0.25, -0.2) is 9.97 Å². The van der Waals surface area contributed by atoms with E-state index in [1.807, 2.05) is 38.1 Å². The summed E-state index contributed by atoms with van der Waals surface area (Å²) in [6, 6.07) is 11.3. The van der Waals surface area contributed by atoms with Gasteiger partial charge in [0.2, 0.25) is 0 Å². The number of aryl methyl sites for hydroxylation is 2. The molecule has 1 N–H and O–H groups in total. The lowest BCUT2D eigenvalue weighted by Gasteiger charge is -2.09. The molecule has 0 unspecified atom stereocenters. The first-order chi connectivity index (χ1) is 11.6. The number of nitrogens with zero attached hydrogens (tertiary/aromatic N) is 3. The Kier molecular flexibility index (Phi) is 4.37. The maximum absolute atomic E-state index is 12.5. The first-order valence-electron chi connectivity index (χ1n) is 7.79. The smallest absolute Gasteiger partial charge is 0.283 e. The molecular formula is C18H18N4O2. The molecule has 3 aromatic rings. The Morgan fingerprint density at radius 3 is 2.67 bits per heavy atom. The van der Waals surface area contributed by atoms with Crippen molar-refractivity contribution in [3.63, 3.8) is 0 Å². The van der Waals surface area contributed by atoms with E-state index in [0.717, 1.165) is 11.1 Å². The fourth-order valence-electron chi connectivity index (χ4n) is 2.49. The zero-order chi connectivity index (χ0) is 17.1. The van der Waals surface area contributed by atoms with Crippen molar-refractivity contribution in [3.8, 4) is 0 Å². The standard InChI is InChI=1S/C18H18N4O2/c1-3-22-16-14(5-4-10-19-16)21-15(18(22)24)17(23)20-11-13-8-6-12(2)7-9-13/h4-10H,3,11H2,1-2H3,(H,20,23). The monoisotopic (exact) mass is 322 g/mol. The van der Waals surface area contributed by atoms with Crippen LogP contribution in [0, 0.1) is 6.92 Å². The molecule has 0 saturated carbocycles. The summed E-state index contributed by atoms with van der Waals surface area (Å²) in [7, 11) is 0. The fraction of sp³-hybridized carbons (Fsp3) is 0.222. The first kappa shape index (κ1) is 15.9. The molecule has 1 aromatic carbocycles. The van der Waals surface area contributed by atoms with Crippen molar-refractivity contribution in [3.05, 3.63) is 69.8 Å². The molecule has 0 bridgehead atoms. The third-order valence-electron chi connectivity index (χ3n) is 3.81. The van der Waals surface area contributed by atoms with Crippen molar-refractivity contribution in [2.24, 2.45) is 0 Å². The van der Waals surface area contributed by atoms with Gasteiger partial charge in [-0.2, -0.15) is 0 Å². The SMILES string of the molecule is CCn1c(=O)c(C(=O)NCc2ccc(C)cc2)nc2cccnc21. The molecule has 0 atom stereocenters. The van der Waals surface area contributed by atoms with Crippen LogP contribution in [0.5, 0.6) is 0 Å². The number of hydrogen-bond donors (Lipinski definition) is 1. The van der Waals surface area contributed by atoms with Gasteiger partial charge in [0.05, 0.1) is 0 Å². The van der Waals surface area contributed by atoms with Gasteiger partial charge in [0.15, 0.2) is 11.3 Å². The Hall–Kier alpha value is -3.02. The predicted octanol–water partition coefficient (Wildman–Crippen LogP) is 2.05. The fourth-order valence-corrected chi connectivity index (χ4v) is 2.49. The van der Waals surface area contributed by atoms with Gasteiger partial charge in [0, 0.05) is 19.3 Å². The minimum Gasteiger partial charge on any atom is -0.346 e. The molecule has 0 saturated heterocycles. The summed E-state index contributed by atoms with van der Waals surface area (Å²) >= 11 is 0. The van der Waals surface area contributed by atoms with Gasteiger partial charge >= 0.3 is 0 Å². The molecule has 3 rings (SSSR count). The van der Waals surface area contributed by atoms with Crippen molar-refractivity contribution in [1.82, 2.24) is 19.9 Å². The average molecular weight is 322 g/mol. The average Bonchev–Trinajstić information content (AvgIpc) is 2.60. The van der Waals surface area contributed by atoms with E-state index in [2.05, 4.69) is 15.3 Å². The molecule has 1 amide bonds. The Labute approximate surface area is 139 Å². The molecule has 0 spiro atoms. The number of rotatable bonds is 4. The van der Waals surface area contributed by atoms with E-state index in [-0.39, 0.29) is 5.69 Å². The summed E-state index contributed by atoms with van der Waals surface area (Å²) < 4.78 is 1.46. The van der Waals surface area contributed by atoms with Gasteiger partial charge in [-0.05, 0) is 31.5 Å². The summed E-state index contributed by atoms with van der Waals surface area (Å²) in [5.74, 6) is -0.478. The highest BCUT2D eigenvalue weighted by Gasteiger charge is 2.17. The van der Waals surface area contributed by atoms with Crippen LogP contribution in [0.2, 0.25) is 0 Å². The molecule has 0 fully saturated rings. The minimum absolute atomic E-state index is 0.107. The van der Waals surface area contributed by atoms with E-state index >= 15 is 0 Å². The number of pyridine rings is 1. The van der Waals surface area contributed by atoms with Crippen LogP contribution in [0.4, 0.5) is 0 Å². The summed E-state index contributed by atoms with van der Waals surface area (Å²) in [6.45, 7) is 4.61. The van der Waals surface area contributed by atoms with Crippen LogP contribution in [0.3, 0.4) is 0 Å². The van der Waals surface area contributed by atoms with Gasteiger partial charge in [-0.3, -0.25) is 14.2 Å². The molecule has 2 aromatic heterocycles. The van der Waals surface area contributed by atoms with Crippen LogP contribution in [-0.4, -0.2) is 20.4 Å². The molecule has 0 aliphatic rings. The maximum Gasteiger partial charge on any atom is 0.283 e. The molecule has 24 heavy (non-hydrogen) atoms. The van der Waals surface area contributed by atoms with Gasteiger partial charge < -0.3 is 5.32 Å². The lowest BCUT2D eigenvalue weighted by atomic mass is 10.1. The van der Waals surface area contributed by atoms with Gasteiger partial charge in [0.1, 0.15) is 5.52 Å². The van der Waals surface area contributed by atoms with Crippen LogP contribution in [0.25, 0.3) is 11.2 Å². The Morgan fingerprint density at radius 1 is 1.21 bits per heavy atom. The maximum atomic E-state index is 12.5. The lowest BCUT2D eigenvalue weighted by molar-refractivity contribution is 0.0944. The van der Waals surface area contributed by atoms with Crippen LogP contribution < -0.4 is 10.9 Å². The van der Waals surface area contributed by atoms with Gasteiger partial charge in [0.25, 0.3) is 11.5 Å². The number of aromatic nitrogens is 3. The quantitative estimate of drug-likeness (QED) is 0.797. The molecule has 0 radical (unpaired) electrons. The number of fused-ring (bicyclic) bond motifs is 1. The van der Waals surface area contributed by atoms with E-state index in [0.29, 0.717) is 24.3 Å². The number of hydrogen-bond acceptors (Lipinski definition) is 4. The summed E-state index contributed by atoms with van der Waals surface area (Å²) in [5, 5.41) is 2.76. The third kappa shape index (κ3) is 3.03. The predicted molar refractivity (Wildman–Crippen MR) is 91.8 cm³/mol. The number of amides is 1. The molecule has 0 aliphatic heterocycles. The summed E-state index contributed by atoms with van der Waals surface area (Å²) in [6.07, 6.45) is 1.60. The van der Waals surface area contributed by atoms with E-state index in [4.69, 9.17) is 0 Å². The Morgan fingerprint density at radius 2 is 1.96 bits per heavy atom. The largest absolute Gasteiger partial charge is 0.346 e. The topological polar surface area (TPSA) is 76.9 Å². The van der Waals surface area contributed by atoms with E-state index in [1.54, 1.807) is 18.3 Å². The normalized spacial score (nSPS) is 10.8. The molecule has 122 valence electrons. The summed E-state index contributed by atoms with van der Waals surface area (Å²) in [4.78, 5) is 33.3. The highest BCUT2D eigenvalue weighted by molar-refractivity contribution is 5.93. The van der Waals surface area contributed by atoms with Crippen molar-refractivity contribution < 1.29 is 4.79 Å². The Balaban J connectivity index is 1.90. The van der Waals surface area contributed by atoms with Crippen LogP contribution in [-0.2, 0) is 13.1 Å². The van der Waals surface area contributed by atoms with Gasteiger partial charge in [-0.1, -0.05) is 29.8 Å². The molecule has 0 aliphatic carbocycles. The van der Waals surface area contributed by atoms with E-state index in [1.165, 1.54) is 4.57 Å². The van der Waals surface area contributed by atoms with Crippen molar-refractivity contribution >= 4 is 17.1 Å². The Bertz CT molecular complexity index is 945. The number of carbonyl (C=O) groups excluding carboxylic acids is 1. The van der Waals surface area contributed by atoms with Crippen molar-refractivity contribution in [2.75, 3.05) is 0 Å². The molecule has 2 heterocycles. The zero-order valence-corrected chi connectivity index (χ0v) is 13.6. The second kappa shape index (κ2) is 6.62. The minimum atomic E-state index is -0.478. The van der Waals surface area contributed by atoms with Crippen LogP contribution >= 0.6 is 0 Å². The van der Waals surface area contributed by atoms with Crippen LogP contribution in [0.15, 0.2) is 47.4 Å². The van der Waals surface area contributed by atoms with Crippen molar-refractivity contribution in [2.45, 2.75) is 26.9 Å². The lowest BCUT2D eigenvalue weighted by Crippen LogP contribution is -2.34. The third-order valence-corrected chi connectivity index (χ3v) is 3.81. The highest BCUT2D eigenvalue weighted by Crippen LogP contribution is 2.07. The second-order valence-corrected chi connectivity index (χ2v) is 5.52. The van der Waals surface area contributed by atoms with Crippen molar-refractivity contribution in [1.29, 1.82) is 0 Å². The van der Waals surface area contributed by atoms with E-state index in [9.17, 15) is 9.59 Å². The van der Waals surface area contributed by atoms with E-state index < -0.39 is 11.5 Å². The van der Waals surface area contributed by atoms with Crippen LogP contribution in [0.1, 0.15) is 28.5 Å². The molecule has 6 nitrogen and oxygen atoms in total. The first-order valence-corrected chi connectivity index (χ1v) is 7.79. The second-order valence-electron chi connectivity index (χ2n) is 5.52. The number of benzene rings is 1.